The molecular weight excluding hydrogens is 424 g/mol. The summed E-state index contributed by atoms with van der Waals surface area (Å²) in [7, 11) is 0. The van der Waals surface area contributed by atoms with Gasteiger partial charge in [0.25, 0.3) is 0 Å². The Hall–Kier alpha value is -4.18. The topological polar surface area (TPSA) is 74.6 Å². The fraction of sp³-hybridized carbons (Fsp3) is 0.133. The minimum absolute atomic E-state index is 0.194. The highest BCUT2D eigenvalue weighted by Gasteiger charge is 2.46. The fourth-order valence-electron chi connectivity index (χ4n) is 5.08. The number of hydrogen-bond acceptors (Lipinski definition) is 2. The molecule has 4 aromatic rings. The summed E-state index contributed by atoms with van der Waals surface area (Å²) in [6.45, 7) is 0. The lowest BCUT2D eigenvalue weighted by atomic mass is 9.58. The van der Waals surface area contributed by atoms with Crippen LogP contribution in [0.1, 0.15) is 40.2 Å². The molecular formula is C30H26O4. The standard InChI is InChI=1S/C30H26O4/c31-27(32)20-24-16-10-11-19-26(24)30(21-28(33)34,25-17-8-3-9-18-25)29(22-12-4-1-5-13-22)23-14-6-2-7-15-23/h1-19,29H,20-21H2,(H,31,32)(H,33,34). The molecule has 1 unspecified atom stereocenters. The van der Waals surface area contributed by atoms with Crippen molar-refractivity contribution in [3.05, 3.63) is 143 Å². The van der Waals surface area contributed by atoms with E-state index in [0.717, 1.165) is 16.7 Å². The Morgan fingerprint density at radius 3 is 1.59 bits per heavy atom. The van der Waals surface area contributed by atoms with Gasteiger partial charge in [-0.2, -0.15) is 0 Å². The van der Waals surface area contributed by atoms with Gasteiger partial charge >= 0.3 is 11.9 Å². The molecule has 4 aromatic carbocycles. The SMILES string of the molecule is O=C(O)Cc1ccccc1C(CC(=O)O)(c1ccccc1)C(c1ccccc1)c1ccccc1. The summed E-state index contributed by atoms with van der Waals surface area (Å²) in [5, 5.41) is 19.9. The molecule has 0 bridgehead atoms. The zero-order valence-corrected chi connectivity index (χ0v) is 18.7. The van der Waals surface area contributed by atoms with Gasteiger partial charge in [0.05, 0.1) is 12.8 Å². The smallest absolute Gasteiger partial charge is 0.307 e. The molecule has 0 radical (unpaired) electrons. The third-order valence-electron chi connectivity index (χ3n) is 6.32. The lowest BCUT2D eigenvalue weighted by Gasteiger charge is -2.43. The number of benzene rings is 4. The number of carbonyl (C=O) groups is 2. The van der Waals surface area contributed by atoms with E-state index < -0.39 is 17.4 Å². The molecule has 4 rings (SSSR count). The third-order valence-corrected chi connectivity index (χ3v) is 6.32. The molecule has 0 aliphatic heterocycles. The van der Waals surface area contributed by atoms with Crippen molar-refractivity contribution in [2.24, 2.45) is 0 Å². The minimum atomic E-state index is -1.05. The lowest BCUT2D eigenvalue weighted by Crippen LogP contribution is -2.39. The van der Waals surface area contributed by atoms with Crippen LogP contribution in [0.5, 0.6) is 0 Å². The Morgan fingerprint density at radius 2 is 1.09 bits per heavy atom. The van der Waals surface area contributed by atoms with E-state index in [9.17, 15) is 19.8 Å². The molecule has 0 saturated carbocycles. The van der Waals surface area contributed by atoms with Gasteiger partial charge in [-0.05, 0) is 27.8 Å². The van der Waals surface area contributed by atoms with Crippen molar-refractivity contribution in [2.75, 3.05) is 0 Å². The predicted molar refractivity (Wildman–Crippen MR) is 132 cm³/mol. The predicted octanol–water partition coefficient (Wildman–Crippen LogP) is 5.91. The summed E-state index contributed by atoms with van der Waals surface area (Å²) < 4.78 is 0. The zero-order chi connectivity index (χ0) is 24.0. The molecule has 4 heteroatoms. The van der Waals surface area contributed by atoms with Gasteiger partial charge < -0.3 is 10.2 Å². The average Bonchev–Trinajstić information content (AvgIpc) is 2.85. The van der Waals surface area contributed by atoms with Crippen LogP contribution in [0.2, 0.25) is 0 Å². The van der Waals surface area contributed by atoms with E-state index in [0.29, 0.717) is 11.1 Å². The molecule has 0 spiro atoms. The van der Waals surface area contributed by atoms with E-state index in [1.807, 2.05) is 103 Å². The molecule has 1 atom stereocenters. The first kappa shape index (κ1) is 23.0. The fourth-order valence-corrected chi connectivity index (χ4v) is 5.08. The first-order chi connectivity index (χ1) is 16.5. The monoisotopic (exact) mass is 450 g/mol. The van der Waals surface area contributed by atoms with Crippen molar-refractivity contribution in [1.29, 1.82) is 0 Å². The highest BCUT2D eigenvalue weighted by molar-refractivity contribution is 5.75. The number of carboxylic acid groups (broad SMARTS) is 2. The van der Waals surface area contributed by atoms with Gasteiger partial charge in [-0.25, -0.2) is 0 Å². The molecule has 0 aromatic heterocycles. The molecule has 2 N–H and O–H groups in total. The minimum Gasteiger partial charge on any atom is -0.481 e. The van der Waals surface area contributed by atoms with Gasteiger partial charge in [-0.1, -0.05) is 115 Å². The van der Waals surface area contributed by atoms with E-state index in [-0.39, 0.29) is 18.8 Å². The van der Waals surface area contributed by atoms with Crippen LogP contribution in [0.3, 0.4) is 0 Å². The first-order valence-electron chi connectivity index (χ1n) is 11.2. The summed E-state index contributed by atoms with van der Waals surface area (Å²) >= 11 is 0. The van der Waals surface area contributed by atoms with Gasteiger partial charge in [0, 0.05) is 11.3 Å². The number of carboxylic acids is 2. The second kappa shape index (κ2) is 10.2. The maximum Gasteiger partial charge on any atom is 0.307 e. The number of rotatable bonds is 9. The zero-order valence-electron chi connectivity index (χ0n) is 18.7. The lowest BCUT2D eigenvalue weighted by molar-refractivity contribution is -0.138. The Morgan fingerprint density at radius 1 is 0.618 bits per heavy atom. The van der Waals surface area contributed by atoms with Crippen LogP contribution in [0.15, 0.2) is 115 Å². The second-order valence-corrected chi connectivity index (χ2v) is 8.39. The van der Waals surface area contributed by atoms with E-state index in [4.69, 9.17) is 0 Å². The van der Waals surface area contributed by atoms with Crippen molar-refractivity contribution < 1.29 is 19.8 Å². The molecule has 0 aliphatic carbocycles. The molecule has 0 amide bonds. The van der Waals surface area contributed by atoms with Crippen molar-refractivity contribution in [3.8, 4) is 0 Å². The summed E-state index contributed by atoms with van der Waals surface area (Å²) in [5.41, 5.74) is 3.02. The van der Waals surface area contributed by atoms with Crippen LogP contribution in [-0.2, 0) is 21.4 Å². The quantitative estimate of drug-likeness (QED) is 0.333. The molecule has 0 aliphatic rings. The molecule has 170 valence electrons. The Balaban J connectivity index is 2.14. The van der Waals surface area contributed by atoms with Gasteiger partial charge in [0.2, 0.25) is 0 Å². The van der Waals surface area contributed by atoms with Gasteiger partial charge in [0.1, 0.15) is 0 Å². The van der Waals surface area contributed by atoms with Crippen molar-refractivity contribution >= 4 is 11.9 Å². The van der Waals surface area contributed by atoms with E-state index in [1.165, 1.54) is 0 Å². The van der Waals surface area contributed by atoms with Crippen LogP contribution in [-0.4, -0.2) is 22.2 Å². The van der Waals surface area contributed by atoms with E-state index >= 15 is 0 Å². The Kier molecular flexibility index (Phi) is 6.88. The van der Waals surface area contributed by atoms with Crippen LogP contribution in [0, 0.1) is 0 Å². The van der Waals surface area contributed by atoms with Crippen molar-refractivity contribution in [1.82, 2.24) is 0 Å². The number of aliphatic carboxylic acids is 2. The summed E-state index contributed by atoms with van der Waals surface area (Å²) in [4.78, 5) is 24.3. The maximum atomic E-state index is 12.5. The summed E-state index contributed by atoms with van der Waals surface area (Å²) in [6.07, 6.45) is -0.400. The van der Waals surface area contributed by atoms with Crippen LogP contribution < -0.4 is 0 Å². The highest BCUT2D eigenvalue weighted by Crippen LogP contribution is 2.51. The van der Waals surface area contributed by atoms with Crippen molar-refractivity contribution in [2.45, 2.75) is 24.2 Å². The van der Waals surface area contributed by atoms with Gasteiger partial charge in [0.15, 0.2) is 0 Å². The first-order valence-corrected chi connectivity index (χ1v) is 11.2. The highest BCUT2D eigenvalue weighted by atomic mass is 16.4. The van der Waals surface area contributed by atoms with Gasteiger partial charge in [-0.3, -0.25) is 9.59 Å². The van der Waals surface area contributed by atoms with Crippen molar-refractivity contribution in [3.63, 3.8) is 0 Å². The average molecular weight is 451 g/mol. The van der Waals surface area contributed by atoms with Crippen LogP contribution >= 0.6 is 0 Å². The molecule has 4 nitrogen and oxygen atoms in total. The van der Waals surface area contributed by atoms with E-state index in [2.05, 4.69) is 0 Å². The summed E-state index contributed by atoms with van der Waals surface area (Å²) in [6, 6.07) is 36.6. The largest absolute Gasteiger partial charge is 0.481 e. The molecule has 0 fully saturated rings. The van der Waals surface area contributed by atoms with E-state index in [1.54, 1.807) is 12.1 Å². The summed E-state index contributed by atoms with van der Waals surface area (Å²) in [5.74, 6) is -2.28. The molecule has 0 saturated heterocycles. The normalized spacial score (nSPS) is 12.7. The van der Waals surface area contributed by atoms with Crippen LogP contribution in [0.25, 0.3) is 0 Å². The molecule has 34 heavy (non-hydrogen) atoms. The Labute approximate surface area is 199 Å². The molecule has 0 heterocycles. The Bertz CT molecular complexity index is 1210. The maximum absolute atomic E-state index is 12.5. The van der Waals surface area contributed by atoms with Gasteiger partial charge in [-0.15, -0.1) is 0 Å². The second-order valence-electron chi connectivity index (χ2n) is 8.39. The number of hydrogen-bond donors (Lipinski definition) is 2. The third kappa shape index (κ3) is 4.62. The van der Waals surface area contributed by atoms with Crippen LogP contribution in [0.4, 0.5) is 0 Å².